The van der Waals surface area contributed by atoms with Gasteiger partial charge in [-0.1, -0.05) is 29.3 Å². The first-order valence-electron chi connectivity index (χ1n) is 5.80. The molecule has 2 atom stereocenters. The molecule has 1 aromatic carbocycles. The molecule has 1 aliphatic rings. The molecule has 1 aromatic rings. The van der Waals surface area contributed by atoms with Crippen molar-refractivity contribution in [3.05, 3.63) is 33.8 Å². The lowest BCUT2D eigenvalue weighted by atomic mass is 10.0. The summed E-state index contributed by atoms with van der Waals surface area (Å²) in [6.07, 6.45) is 0.607. The van der Waals surface area contributed by atoms with Crippen molar-refractivity contribution in [2.45, 2.75) is 18.6 Å². The van der Waals surface area contributed by atoms with Crippen molar-refractivity contribution in [1.29, 1.82) is 0 Å². The number of nitrogens with one attached hydrogen (secondary N) is 1. The SMILES string of the molecule is NNC(Cc1ccc(Cl)cc1Cl)C1COCCO1. The van der Waals surface area contributed by atoms with Gasteiger partial charge in [0.05, 0.1) is 32.0 Å². The second-order valence-electron chi connectivity index (χ2n) is 4.20. The van der Waals surface area contributed by atoms with Gasteiger partial charge in [0.15, 0.2) is 0 Å². The third-order valence-electron chi connectivity index (χ3n) is 2.96. The van der Waals surface area contributed by atoms with Gasteiger partial charge in [0.25, 0.3) is 0 Å². The predicted molar refractivity (Wildman–Crippen MR) is 71.8 cm³/mol. The van der Waals surface area contributed by atoms with Crippen molar-refractivity contribution in [1.82, 2.24) is 5.43 Å². The molecule has 0 spiro atoms. The van der Waals surface area contributed by atoms with Crippen molar-refractivity contribution in [3.63, 3.8) is 0 Å². The normalized spacial score (nSPS) is 21.8. The van der Waals surface area contributed by atoms with Gasteiger partial charge in [0.1, 0.15) is 0 Å². The molecule has 100 valence electrons. The zero-order valence-electron chi connectivity index (χ0n) is 9.86. The highest BCUT2D eigenvalue weighted by molar-refractivity contribution is 6.35. The Kier molecular flexibility index (Phi) is 5.24. The molecular formula is C12H16Cl2N2O2. The summed E-state index contributed by atoms with van der Waals surface area (Å²) in [6.45, 7) is 1.77. The quantitative estimate of drug-likeness (QED) is 0.656. The minimum absolute atomic E-state index is 0.0380. The minimum atomic E-state index is -0.0597. The highest BCUT2D eigenvalue weighted by Gasteiger charge is 2.25. The smallest absolute Gasteiger partial charge is 0.0978 e. The number of hydrogen-bond donors (Lipinski definition) is 2. The van der Waals surface area contributed by atoms with Crippen LogP contribution in [-0.2, 0) is 15.9 Å². The molecule has 0 aliphatic carbocycles. The number of rotatable bonds is 4. The maximum Gasteiger partial charge on any atom is 0.0978 e. The number of benzene rings is 1. The molecule has 3 N–H and O–H groups in total. The van der Waals surface area contributed by atoms with Crippen LogP contribution in [0.5, 0.6) is 0 Å². The molecule has 18 heavy (non-hydrogen) atoms. The summed E-state index contributed by atoms with van der Waals surface area (Å²) in [7, 11) is 0. The summed E-state index contributed by atoms with van der Waals surface area (Å²) in [4.78, 5) is 0. The summed E-state index contributed by atoms with van der Waals surface area (Å²) in [5.74, 6) is 5.58. The Morgan fingerprint density at radius 2 is 2.22 bits per heavy atom. The molecule has 1 heterocycles. The lowest BCUT2D eigenvalue weighted by Crippen LogP contribution is -2.50. The van der Waals surface area contributed by atoms with E-state index in [0.717, 1.165) is 5.56 Å². The standard InChI is InChI=1S/C12H16Cl2N2O2/c13-9-2-1-8(10(14)6-9)5-11(16-15)12-7-17-3-4-18-12/h1-2,6,11-12,16H,3-5,7,15H2. The number of halogens is 2. The lowest BCUT2D eigenvalue weighted by Gasteiger charge is -2.30. The van der Waals surface area contributed by atoms with Crippen LogP contribution < -0.4 is 11.3 Å². The average molecular weight is 291 g/mol. The van der Waals surface area contributed by atoms with Gasteiger partial charge < -0.3 is 9.47 Å². The molecule has 0 bridgehead atoms. The monoisotopic (exact) mass is 290 g/mol. The van der Waals surface area contributed by atoms with Crippen molar-refractivity contribution in [2.24, 2.45) is 5.84 Å². The number of ether oxygens (including phenoxy) is 2. The van der Waals surface area contributed by atoms with Gasteiger partial charge >= 0.3 is 0 Å². The van der Waals surface area contributed by atoms with Gasteiger partial charge in [-0.05, 0) is 24.1 Å². The van der Waals surface area contributed by atoms with E-state index in [1.807, 2.05) is 12.1 Å². The molecule has 1 saturated heterocycles. The van der Waals surface area contributed by atoms with E-state index in [1.165, 1.54) is 0 Å². The summed E-state index contributed by atoms with van der Waals surface area (Å²) in [5.41, 5.74) is 3.75. The molecule has 4 nitrogen and oxygen atoms in total. The Morgan fingerprint density at radius 3 is 2.83 bits per heavy atom. The van der Waals surface area contributed by atoms with Crippen LogP contribution in [0.3, 0.4) is 0 Å². The fraction of sp³-hybridized carbons (Fsp3) is 0.500. The van der Waals surface area contributed by atoms with Crippen molar-refractivity contribution >= 4 is 23.2 Å². The highest BCUT2D eigenvalue weighted by Crippen LogP contribution is 2.23. The second kappa shape index (κ2) is 6.70. The van der Waals surface area contributed by atoms with E-state index in [1.54, 1.807) is 6.07 Å². The molecule has 1 aliphatic heterocycles. The Labute approximate surface area is 116 Å². The minimum Gasteiger partial charge on any atom is -0.376 e. The van der Waals surface area contributed by atoms with Gasteiger partial charge in [0, 0.05) is 10.0 Å². The lowest BCUT2D eigenvalue weighted by molar-refractivity contribution is -0.101. The fourth-order valence-electron chi connectivity index (χ4n) is 1.96. The molecule has 1 fully saturated rings. The van der Waals surface area contributed by atoms with E-state index in [2.05, 4.69) is 5.43 Å². The fourth-order valence-corrected chi connectivity index (χ4v) is 2.45. The van der Waals surface area contributed by atoms with Gasteiger partial charge in [-0.2, -0.15) is 0 Å². The van der Waals surface area contributed by atoms with Gasteiger partial charge in [-0.15, -0.1) is 0 Å². The zero-order valence-corrected chi connectivity index (χ0v) is 11.4. The number of nitrogens with two attached hydrogens (primary N) is 1. The van der Waals surface area contributed by atoms with Crippen LogP contribution in [0.1, 0.15) is 5.56 Å². The molecule has 0 aromatic heterocycles. The van der Waals surface area contributed by atoms with Crippen LogP contribution in [-0.4, -0.2) is 32.0 Å². The van der Waals surface area contributed by atoms with E-state index in [-0.39, 0.29) is 12.1 Å². The molecule has 6 heteroatoms. The Bertz CT molecular complexity index is 398. The van der Waals surface area contributed by atoms with Crippen LogP contribution in [0.2, 0.25) is 10.0 Å². The Balaban J connectivity index is 2.04. The van der Waals surface area contributed by atoms with Crippen LogP contribution in [0.4, 0.5) is 0 Å². The zero-order chi connectivity index (χ0) is 13.0. The summed E-state index contributed by atoms with van der Waals surface area (Å²) >= 11 is 12.0. The Morgan fingerprint density at radius 1 is 1.39 bits per heavy atom. The third-order valence-corrected chi connectivity index (χ3v) is 3.55. The van der Waals surface area contributed by atoms with E-state index in [9.17, 15) is 0 Å². The van der Waals surface area contributed by atoms with Gasteiger partial charge in [-0.25, -0.2) is 0 Å². The topological polar surface area (TPSA) is 56.5 Å². The maximum absolute atomic E-state index is 6.14. The van der Waals surface area contributed by atoms with Crippen LogP contribution in [0.15, 0.2) is 18.2 Å². The highest BCUT2D eigenvalue weighted by atomic mass is 35.5. The predicted octanol–water partition coefficient (Wildman–Crippen LogP) is 1.78. The number of hydrogen-bond acceptors (Lipinski definition) is 4. The summed E-state index contributed by atoms with van der Waals surface area (Å²) in [5, 5.41) is 1.26. The molecule has 0 radical (unpaired) electrons. The Hall–Kier alpha value is -0.360. The molecule has 2 unspecified atom stereocenters. The third kappa shape index (κ3) is 3.57. The van der Waals surface area contributed by atoms with Crippen molar-refractivity contribution < 1.29 is 9.47 Å². The van der Waals surface area contributed by atoms with E-state index < -0.39 is 0 Å². The molecular weight excluding hydrogens is 275 g/mol. The molecule has 0 amide bonds. The van der Waals surface area contributed by atoms with E-state index >= 15 is 0 Å². The molecule has 2 rings (SSSR count). The second-order valence-corrected chi connectivity index (χ2v) is 5.04. The largest absolute Gasteiger partial charge is 0.376 e. The first-order valence-corrected chi connectivity index (χ1v) is 6.55. The molecule has 0 saturated carbocycles. The van der Waals surface area contributed by atoms with Gasteiger partial charge in [0.2, 0.25) is 0 Å². The van der Waals surface area contributed by atoms with Crippen LogP contribution in [0, 0.1) is 0 Å². The van der Waals surface area contributed by atoms with Crippen molar-refractivity contribution in [2.75, 3.05) is 19.8 Å². The van der Waals surface area contributed by atoms with Crippen LogP contribution in [0.25, 0.3) is 0 Å². The van der Waals surface area contributed by atoms with Crippen LogP contribution >= 0.6 is 23.2 Å². The van der Waals surface area contributed by atoms with E-state index in [4.69, 9.17) is 38.5 Å². The first kappa shape index (κ1) is 14.1. The number of hydrazine groups is 1. The summed E-state index contributed by atoms with van der Waals surface area (Å²) < 4.78 is 11.0. The van der Waals surface area contributed by atoms with E-state index in [0.29, 0.717) is 36.3 Å². The summed E-state index contributed by atoms with van der Waals surface area (Å²) in [6, 6.07) is 5.40. The average Bonchev–Trinajstić information content (AvgIpc) is 2.39. The van der Waals surface area contributed by atoms with Gasteiger partial charge in [-0.3, -0.25) is 11.3 Å². The maximum atomic E-state index is 6.14. The van der Waals surface area contributed by atoms with Crippen molar-refractivity contribution in [3.8, 4) is 0 Å². The first-order chi connectivity index (χ1) is 8.70.